The summed E-state index contributed by atoms with van der Waals surface area (Å²) in [7, 11) is 0. The first-order chi connectivity index (χ1) is 20.8. The number of fused-ring (bicyclic) bond motifs is 3. The van der Waals surface area contributed by atoms with Crippen molar-refractivity contribution in [2.45, 2.75) is 5.57 Å². The number of hydrogen-bond acceptors (Lipinski definition) is 0. The van der Waals surface area contributed by atoms with Crippen molar-refractivity contribution in [1.82, 2.24) is 0 Å². The van der Waals surface area contributed by atoms with Gasteiger partial charge in [-0.15, -0.1) is 0 Å². The van der Waals surface area contributed by atoms with Gasteiger partial charge in [0.25, 0.3) is 6.71 Å². The van der Waals surface area contributed by atoms with Gasteiger partial charge in [0.2, 0.25) is 0 Å². The summed E-state index contributed by atoms with van der Waals surface area (Å²) in [4.78, 5) is 0. The molecule has 236 valence electrons. The molecule has 0 bridgehead atoms. The van der Waals surface area contributed by atoms with Gasteiger partial charge in [0, 0.05) is 33.2 Å². The molecule has 0 unspecified atom stereocenters. The minimum absolute atomic E-state index is 2.56. The molecule has 0 atom stereocenters. The molecular formula is C25BF19. The predicted octanol–water partition coefficient (Wildman–Crippen LogP) is 7.23. The lowest BCUT2D eigenvalue weighted by molar-refractivity contribution is 0.301. The Morgan fingerprint density at radius 2 is 0.467 bits per heavy atom. The monoisotopic (exact) mass is 672 g/mol. The summed E-state index contributed by atoms with van der Waals surface area (Å²) in [5, 5.41) is 0. The third-order valence-corrected chi connectivity index (χ3v) is 6.97. The third kappa shape index (κ3) is 3.79. The molecule has 4 aromatic carbocycles. The lowest BCUT2D eigenvalue weighted by Crippen LogP contribution is -2.62. The van der Waals surface area contributed by atoms with E-state index in [0.717, 1.165) is 0 Å². The van der Waals surface area contributed by atoms with Crippen LogP contribution in [-0.4, -0.2) is 6.71 Å². The van der Waals surface area contributed by atoms with E-state index in [1.165, 1.54) is 0 Å². The second-order valence-corrected chi connectivity index (χ2v) is 9.12. The van der Waals surface area contributed by atoms with Crippen molar-refractivity contribution in [3.05, 3.63) is 116 Å². The van der Waals surface area contributed by atoms with E-state index in [1.54, 1.807) is 0 Å². The molecule has 0 fully saturated rings. The van der Waals surface area contributed by atoms with Gasteiger partial charge in [-0.05, 0) is 0 Å². The van der Waals surface area contributed by atoms with Crippen LogP contribution in [0.1, 0.15) is 11.1 Å². The van der Waals surface area contributed by atoms with Crippen molar-refractivity contribution >= 4 is 17.6 Å². The van der Waals surface area contributed by atoms with Gasteiger partial charge in [0.1, 0.15) is 5.57 Å². The van der Waals surface area contributed by atoms with Crippen molar-refractivity contribution in [2.24, 2.45) is 0 Å². The van der Waals surface area contributed by atoms with E-state index >= 15 is 30.7 Å². The summed E-state index contributed by atoms with van der Waals surface area (Å²) in [6.45, 7) is -4.69. The first-order valence-electron chi connectivity index (χ1n) is 11.2. The van der Waals surface area contributed by atoms with Gasteiger partial charge in [-0.25, -0.2) is 83.4 Å². The smallest absolute Gasteiger partial charge is 0.242 e. The maximum absolute atomic E-state index is 17.6. The fourth-order valence-electron chi connectivity index (χ4n) is 5.12. The molecule has 1 aliphatic carbocycles. The summed E-state index contributed by atoms with van der Waals surface area (Å²) in [6.07, 6.45) is 0. The second-order valence-electron chi connectivity index (χ2n) is 9.12. The summed E-state index contributed by atoms with van der Waals surface area (Å²) in [6, 6.07) is 0. The Labute approximate surface area is 234 Å². The highest BCUT2D eigenvalue weighted by Crippen LogP contribution is 2.56. The summed E-state index contributed by atoms with van der Waals surface area (Å²) in [5.41, 5.74) is -22.9. The number of halogens is 19. The van der Waals surface area contributed by atoms with Gasteiger partial charge < -0.3 is 0 Å². The molecule has 0 saturated heterocycles. The molecule has 0 amide bonds. The van der Waals surface area contributed by atoms with E-state index in [0.29, 0.717) is 0 Å². The lowest BCUT2D eigenvalue weighted by Gasteiger charge is -2.32. The summed E-state index contributed by atoms with van der Waals surface area (Å²) >= 11 is 0. The minimum Gasteiger partial charge on any atom is -0.242 e. The normalized spacial score (nSPS) is 13.4. The number of alkyl halides is 1. The first kappa shape index (κ1) is 32.0. The lowest BCUT2D eigenvalue weighted by atomic mass is 9.30. The van der Waals surface area contributed by atoms with Crippen LogP contribution in [0.15, 0.2) is 0 Å². The Morgan fingerprint density at radius 3 is 0.733 bits per heavy atom. The molecule has 0 heterocycles. The topological polar surface area (TPSA) is 0 Å². The molecule has 0 aromatic heterocycles. The maximum Gasteiger partial charge on any atom is 0.279 e. The Hall–Kier alpha value is -4.39. The highest BCUT2D eigenvalue weighted by molar-refractivity contribution is 6.88. The molecule has 5 rings (SSSR count). The van der Waals surface area contributed by atoms with Crippen LogP contribution in [0, 0.1) is 105 Å². The second kappa shape index (κ2) is 10.1. The van der Waals surface area contributed by atoms with Gasteiger partial charge in [0.05, 0.1) is 0 Å². The van der Waals surface area contributed by atoms with E-state index in [2.05, 4.69) is 0 Å². The molecule has 0 radical (unpaired) electrons. The van der Waals surface area contributed by atoms with E-state index in [9.17, 15) is 52.7 Å². The number of rotatable bonds is 3. The molecule has 0 spiro atoms. The molecule has 4 aromatic rings. The van der Waals surface area contributed by atoms with Crippen molar-refractivity contribution in [3.8, 4) is 11.1 Å². The molecule has 20 heteroatoms. The zero-order chi connectivity index (χ0) is 33.9. The largest absolute Gasteiger partial charge is 0.279 e. The fourth-order valence-corrected chi connectivity index (χ4v) is 5.12. The van der Waals surface area contributed by atoms with Gasteiger partial charge in [-0.1, -0.05) is 0 Å². The van der Waals surface area contributed by atoms with Gasteiger partial charge in [-0.2, -0.15) is 0 Å². The van der Waals surface area contributed by atoms with Crippen molar-refractivity contribution in [3.63, 3.8) is 0 Å². The average Bonchev–Trinajstić information content (AvgIpc) is 3.29. The highest BCUT2D eigenvalue weighted by atomic mass is 19.2. The van der Waals surface area contributed by atoms with Crippen LogP contribution in [0.25, 0.3) is 11.1 Å². The van der Waals surface area contributed by atoms with Crippen LogP contribution < -0.4 is 10.9 Å². The van der Waals surface area contributed by atoms with E-state index < -0.39 is 150 Å². The molecule has 45 heavy (non-hydrogen) atoms. The Morgan fingerprint density at radius 1 is 0.267 bits per heavy atom. The predicted molar refractivity (Wildman–Crippen MR) is 111 cm³/mol. The van der Waals surface area contributed by atoms with E-state index in [-0.39, 0.29) is 0 Å². The summed E-state index contributed by atoms with van der Waals surface area (Å²) in [5.74, 6) is -58.2. The van der Waals surface area contributed by atoms with Gasteiger partial charge in [0.15, 0.2) is 105 Å². The average molecular weight is 672 g/mol. The van der Waals surface area contributed by atoms with Crippen LogP contribution in [-0.2, 0) is 5.57 Å². The molecule has 0 saturated carbocycles. The van der Waals surface area contributed by atoms with Crippen molar-refractivity contribution < 1.29 is 83.4 Å². The zero-order valence-corrected chi connectivity index (χ0v) is 20.3. The van der Waals surface area contributed by atoms with Crippen LogP contribution in [0.3, 0.4) is 0 Å². The van der Waals surface area contributed by atoms with E-state index in [1.807, 2.05) is 0 Å². The highest BCUT2D eigenvalue weighted by Gasteiger charge is 2.63. The van der Waals surface area contributed by atoms with Crippen LogP contribution in [0.4, 0.5) is 83.4 Å². The number of benzene rings is 4. The molecule has 0 N–H and O–H groups in total. The Balaban J connectivity index is 2.19. The molecular weight excluding hydrogens is 672 g/mol. The maximum atomic E-state index is 17.6. The third-order valence-electron chi connectivity index (χ3n) is 6.97. The molecule has 1 aliphatic rings. The standard InChI is InChI=1S/C25BF19/c27-7-1-2-4(10(30)18(38)16(36)8(2)28)25(45,3(1)9(29)17(37)15(7)35)26(5-11(31)19(39)23(43)20(40)12(5)32)6-13(33)21(41)24(44)22(42)14(6)34. The zero-order valence-electron chi connectivity index (χ0n) is 20.3. The Bertz CT molecular complexity index is 1820. The number of hydrogen-bond donors (Lipinski definition) is 0. The van der Waals surface area contributed by atoms with Crippen molar-refractivity contribution in [2.75, 3.05) is 0 Å². The fraction of sp³-hybridized carbons (Fsp3) is 0.0400. The van der Waals surface area contributed by atoms with E-state index in [4.69, 9.17) is 0 Å². The van der Waals surface area contributed by atoms with Gasteiger partial charge in [-0.3, -0.25) is 0 Å². The van der Waals surface area contributed by atoms with Crippen LogP contribution in [0.2, 0.25) is 0 Å². The summed E-state index contributed by atoms with van der Waals surface area (Å²) < 4.78 is 280. The molecule has 0 aliphatic heterocycles. The van der Waals surface area contributed by atoms with Gasteiger partial charge >= 0.3 is 0 Å². The molecule has 0 nitrogen and oxygen atoms in total. The Kier molecular flexibility index (Phi) is 7.16. The quantitative estimate of drug-likeness (QED) is 0.0934. The van der Waals surface area contributed by atoms with Crippen LogP contribution >= 0.6 is 0 Å². The van der Waals surface area contributed by atoms with Crippen LogP contribution in [0.5, 0.6) is 0 Å². The first-order valence-corrected chi connectivity index (χ1v) is 11.2. The SMILES string of the molecule is Fc1c(F)c(F)c(B(c2c(F)c(F)c(F)c(F)c2F)C2(F)c3c(F)c(F)c(F)c(F)c3-c3c(F)c(F)c(F)c(F)c32)c(F)c1F. The van der Waals surface area contributed by atoms with Crippen molar-refractivity contribution in [1.29, 1.82) is 0 Å². The minimum atomic E-state index is -5.68.